The molecular weight excluding hydrogens is 324 g/mol. The molecule has 1 aromatic carbocycles. The Morgan fingerprint density at radius 3 is 2.85 bits per heavy atom. The van der Waals surface area contributed by atoms with Gasteiger partial charge in [0.15, 0.2) is 0 Å². The van der Waals surface area contributed by atoms with Crippen LogP contribution in [0.3, 0.4) is 0 Å². The summed E-state index contributed by atoms with van der Waals surface area (Å²) in [5.41, 5.74) is 5.10. The van der Waals surface area contributed by atoms with Crippen molar-refractivity contribution in [2.45, 2.75) is 45.4 Å². The quantitative estimate of drug-likeness (QED) is 0.624. The average Bonchev–Trinajstić information content (AvgIpc) is 2.99. The lowest BCUT2D eigenvalue weighted by Gasteiger charge is -2.12. The molecule has 0 unspecified atom stereocenters. The second-order valence-electron chi connectivity index (χ2n) is 6.90. The average molecular weight is 348 g/mol. The Hall–Kier alpha value is -2.62. The summed E-state index contributed by atoms with van der Waals surface area (Å²) in [6, 6.07) is 8.41. The zero-order valence-corrected chi connectivity index (χ0v) is 15.2. The van der Waals surface area contributed by atoms with E-state index in [0.717, 1.165) is 34.6 Å². The molecule has 0 saturated heterocycles. The molecule has 4 heteroatoms. The molecule has 0 atom stereocenters. The van der Waals surface area contributed by atoms with Crippen LogP contribution in [0.25, 0.3) is 27.4 Å². The predicted molar refractivity (Wildman–Crippen MR) is 105 cm³/mol. The monoisotopic (exact) mass is 348 g/mol. The van der Waals surface area contributed by atoms with E-state index in [1.165, 1.54) is 36.8 Å². The van der Waals surface area contributed by atoms with Crippen LogP contribution in [-0.2, 0) is 4.74 Å². The molecule has 0 fully saturated rings. The number of fused-ring (bicyclic) bond motifs is 3. The van der Waals surface area contributed by atoms with E-state index >= 15 is 0 Å². The molecule has 4 nitrogen and oxygen atoms in total. The van der Waals surface area contributed by atoms with Crippen molar-refractivity contribution < 1.29 is 9.53 Å². The second-order valence-corrected chi connectivity index (χ2v) is 6.90. The smallest absolute Gasteiger partial charge is 0.356 e. The summed E-state index contributed by atoms with van der Waals surface area (Å²) in [6.45, 7) is 2.15. The van der Waals surface area contributed by atoms with Gasteiger partial charge in [-0.05, 0) is 61.9 Å². The van der Waals surface area contributed by atoms with E-state index in [1.54, 1.807) is 13.1 Å². The molecule has 26 heavy (non-hydrogen) atoms. The number of hydrogen-bond donors (Lipinski definition) is 1. The fourth-order valence-electron chi connectivity index (χ4n) is 3.77. The first-order valence-corrected chi connectivity index (χ1v) is 9.54. The third-order valence-corrected chi connectivity index (χ3v) is 5.13. The van der Waals surface area contributed by atoms with Gasteiger partial charge in [0.05, 0.1) is 18.3 Å². The Morgan fingerprint density at radius 2 is 1.96 bits per heavy atom. The van der Waals surface area contributed by atoms with Gasteiger partial charge in [-0.1, -0.05) is 25.0 Å². The Labute approximate surface area is 153 Å². The van der Waals surface area contributed by atoms with E-state index in [0.29, 0.717) is 12.3 Å². The maximum Gasteiger partial charge on any atom is 0.356 e. The first kappa shape index (κ1) is 16.8. The molecule has 2 heterocycles. The van der Waals surface area contributed by atoms with E-state index in [1.807, 2.05) is 6.07 Å². The van der Waals surface area contributed by atoms with Gasteiger partial charge in [0.1, 0.15) is 5.69 Å². The van der Waals surface area contributed by atoms with Crippen LogP contribution in [0, 0.1) is 0 Å². The predicted octanol–water partition coefficient (Wildman–Crippen LogP) is 5.63. The number of nitrogens with zero attached hydrogens (tertiary/aromatic N) is 1. The molecule has 2 aromatic heterocycles. The molecule has 0 saturated carbocycles. The Balaban J connectivity index is 1.79. The SMILES string of the molecule is CCOC(=O)c1cc2c(cn1)[nH]c1ccc(/C3=C/CCCCCC3)cc12. The normalized spacial score (nSPS) is 17.5. The van der Waals surface area contributed by atoms with Crippen LogP contribution in [0.5, 0.6) is 0 Å². The summed E-state index contributed by atoms with van der Waals surface area (Å²) in [5.74, 6) is -0.373. The lowest BCUT2D eigenvalue weighted by molar-refractivity contribution is 0.0520. The lowest BCUT2D eigenvalue weighted by atomic mass is 9.94. The van der Waals surface area contributed by atoms with Crippen molar-refractivity contribution in [3.8, 4) is 0 Å². The van der Waals surface area contributed by atoms with Crippen molar-refractivity contribution in [1.82, 2.24) is 9.97 Å². The molecule has 0 spiro atoms. The number of nitrogens with one attached hydrogen (secondary N) is 1. The van der Waals surface area contributed by atoms with Crippen LogP contribution in [-0.4, -0.2) is 22.5 Å². The van der Waals surface area contributed by atoms with Crippen LogP contribution >= 0.6 is 0 Å². The minimum atomic E-state index is -0.373. The van der Waals surface area contributed by atoms with E-state index in [9.17, 15) is 4.79 Å². The largest absolute Gasteiger partial charge is 0.461 e. The molecule has 4 rings (SSSR count). The molecule has 1 aliphatic rings. The number of H-pyrrole nitrogens is 1. The summed E-state index contributed by atoms with van der Waals surface area (Å²) in [6.07, 6.45) is 11.6. The van der Waals surface area contributed by atoms with Crippen LogP contribution in [0.15, 0.2) is 36.5 Å². The lowest BCUT2D eigenvalue weighted by Crippen LogP contribution is -2.06. The number of aromatic nitrogens is 2. The van der Waals surface area contributed by atoms with Crippen molar-refractivity contribution >= 4 is 33.3 Å². The molecule has 134 valence electrons. The van der Waals surface area contributed by atoms with Crippen molar-refractivity contribution in [1.29, 1.82) is 0 Å². The Bertz CT molecular complexity index is 984. The van der Waals surface area contributed by atoms with Gasteiger partial charge < -0.3 is 9.72 Å². The molecule has 0 bridgehead atoms. The summed E-state index contributed by atoms with van der Waals surface area (Å²) >= 11 is 0. The first-order valence-electron chi connectivity index (χ1n) is 9.54. The zero-order chi connectivity index (χ0) is 17.9. The maximum atomic E-state index is 12.0. The van der Waals surface area contributed by atoms with E-state index < -0.39 is 0 Å². The number of carbonyl (C=O) groups is 1. The number of hydrogen-bond acceptors (Lipinski definition) is 3. The zero-order valence-electron chi connectivity index (χ0n) is 15.2. The number of pyridine rings is 1. The highest BCUT2D eigenvalue weighted by Gasteiger charge is 2.13. The minimum absolute atomic E-state index is 0.352. The number of carbonyl (C=O) groups excluding carboxylic acids is 1. The summed E-state index contributed by atoms with van der Waals surface area (Å²) < 4.78 is 5.09. The fourth-order valence-corrected chi connectivity index (χ4v) is 3.77. The van der Waals surface area contributed by atoms with Gasteiger partial charge >= 0.3 is 5.97 Å². The van der Waals surface area contributed by atoms with Crippen molar-refractivity contribution in [3.63, 3.8) is 0 Å². The molecule has 1 aliphatic carbocycles. The van der Waals surface area contributed by atoms with Gasteiger partial charge in [0, 0.05) is 16.3 Å². The number of esters is 1. The molecule has 1 N–H and O–H groups in total. The van der Waals surface area contributed by atoms with Crippen LogP contribution in [0.4, 0.5) is 0 Å². The number of benzene rings is 1. The third kappa shape index (κ3) is 3.24. The maximum absolute atomic E-state index is 12.0. The molecule has 0 amide bonds. The highest BCUT2D eigenvalue weighted by molar-refractivity contribution is 6.09. The van der Waals surface area contributed by atoms with Crippen LogP contribution < -0.4 is 0 Å². The van der Waals surface area contributed by atoms with Gasteiger partial charge in [-0.25, -0.2) is 9.78 Å². The van der Waals surface area contributed by atoms with Crippen LogP contribution in [0.2, 0.25) is 0 Å². The van der Waals surface area contributed by atoms with Gasteiger partial charge in [0.2, 0.25) is 0 Å². The summed E-state index contributed by atoms with van der Waals surface area (Å²) in [7, 11) is 0. The van der Waals surface area contributed by atoms with Crippen molar-refractivity contribution in [3.05, 3.63) is 47.8 Å². The van der Waals surface area contributed by atoms with E-state index in [4.69, 9.17) is 4.74 Å². The highest BCUT2D eigenvalue weighted by atomic mass is 16.5. The van der Waals surface area contributed by atoms with Gasteiger partial charge in [-0.3, -0.25) is 0 Å². The summed E-state index contributed by atoms with van der Waals surface area (Å²) in [4.78, 5) is 19.7. The van der Waals surface area contributed by atoms with Gasteiger partial charge in [-0.2, -0.15) is 0 Å². The summed E-state index contributed by atoms with van der Waals surface area (Å²) in [5, 5.41) is 2.15. The fraction of sp³-hybridized carbons (Fsp3) is 0.364. The van der Waals surface area contributed by atoms with E-state index in [-0.39, 0.29) is 5.97 Å². The molecule has 0 aliphatic heterocycles. The van der Waals surface area contributed by atoms with Gasteiger partial charge in [0.25, 0.3) is 0 Å². The molecular formula is C22H24N2O2. The van der Waals surface area contributed by atoms with E-state index in [2.05, 4.69) is 34.2 Å². The minimum Gasteiger partial charge on any atom is -0.461 e. The van der Waals surface area contributed by atoms with Crippen LogP contribution in [0.1, 0.15) is 61.5 Å². The van der Waals surface area contributed by atoms with Gasteiger partial charge in [-0.15, -0.1) is 0 Å². The number of aromatic amines is 1. The second kappa shape index (κ2) is 7.32. The number of allylic oxidation sites excluding steroid dienone is 2. The Morgan fingerprint density at radius 1 is 1.12 bits per heavy atom. The third-order valence-electron chi connectivity index (χ3n) is 5.13. The highest BCUT2D eigenvalue weighted by Crippen LogP contribution is 2.31. The first-order chi connectivity index (χ1) is 12.8. The molecule has 0 radical (unpaired) electrons. The molecule has 3 aromatic rings. The van der Waals surface area contributed by atoms with Crippen molar-refractivity contribution in [2.24, 2.45) is 0 Å². The van der Waals surface area contributed by atoms with Crippen molar-refractivity contribution in [2.75, 3.05) is 6.61 Å². The number of ether oxygens (including phenoxy) is 1. The number of rotatable bonds is 3. The topological polar surface area (TPSA) is 55.0 Å². The Kier molecular flexibility index (Phi) is 4.74. The standard InChI is InChI=1S/C22H24N2O2/c1-2-26-22(25)20-13-18-17-12-16(15-8-6-4-3-5-7-9-15)10-11-19(17)24-21(18)14-23-20/h8,10-14,24H,2-7,9H2,1H3/b15-8+.